The zero-order chi connectivity index (χ0) is 11.4. The van der Waals surface area contributed by atoms with Crippen LogP contribution in [0.25, 0.3) is 0 Å². The summed E-state index contributed by atoms with van der Waals surface area (Å²) in [5.74, 6) is -1.34. The van der Waals surface area contributed by atoms with Crippen molar-refractivity contribution in [3.63, 3.8) is 0 Å². The summed E-state index contributed by atoms with van der Waals surface area (Å²) in [6.07, 6.45) is 0.155. The molecule has 1 heterocycles. The number of aromatic nitrogens is 1. The number of amides is 1. The molecule has 0 fully saturated rings. The molecule has 0 saturated heterocycles. The zero-order valence-corrected chi connectivity index (χ0v) is 7.84. The number of nitrogens with zero attached hydrogens (tertiary/aromatic N) is 1. The van der Waals surface area contributed by atoms with Gasteiger partial charge in [0.05, 0.1) is 4.73 Å². The number of hydrogen-bond acceptors (Lipinski definition) is 5. The molecule has 0 atom stereocenters. The smallest absolute Gasteiger partial charge is 0.473 e. The van der Waals surface area contributed by atoms with E-state index in [1.165, 1.54) is 18.3 Å². The van der Waals surface area contributed by atoms with E-state index < -0.39 is 12.1 Å². The highest BCUT2D eigenvalue weighted by Crippen LogP contribution is 2.19. The lowest BCUT2D eigenvalue weighted by Crippen LogP contribution is -2.49. The molecule has 80 valence electrons. The third-order valence-electron chi connectivity index (χ3n) is 1.32. The molecule has 1 rings (SSSR count). The third-order valence-corrected chi connectivity index (χ3v) is 1.32. The van der Waals surface area contributed by atoms with Crippen LogP contribution in [0.15, 0.2) is 18.3 Å². The summed E-state index contributed by atoms with van der Waals surface area (Å²) in [5, 5.41) is 9.32. The van der Waals surface area contributed by atoms with E-state index in [-0.39, 0.29) is 11.6 Å². The van der Waals surface area contributed by atoms with Crippen molar-refractivity contribution in [1.82, 2.24) is 0 Å². The molecule has 3 N–H and O–H groups in total. The number of primary amides is 1. The van der Waals surface area contributed by atoms with E-state index in [1.54, 1.807) is 0 Å². The van der Waals surface area contributed by atoms with Gasteiger partial charge in [0.25, 0.3) is 0 Å². The van der Waals surface area contributed by atoms with Crippen molar-refractivity contribution in [2.75, 3.05) is 0 Å². The third kappa shape index (κ3) is 2.83. The van der Waals surface area contributed by atoms with Crippen molar-refractivity contribution in [1.29, 1.82) is 0 Å². The fourth-order valence-electron chi connectivity index (χ4n) is 0.866. The van der Waals surface area contributed by atoms with Crippen LogP contribution in [0.2, 0.25) is 0 Å². The van der Waals surface area contributed by atoms with Crippen LogP contribution in [0.4, 0.5) is 4.79 Å². The number of esters is 1. The molecule has 0 spiro atoms. The summed E-state index contributed by atoms with van der Waals surface area (Å²) in [7, 11) is 0. The minimum Gasteiger partial charge on any atom is -0.500 e. The quantitative estimate of drug-likeness (QED) is 0.490. The minimum absolute atomic E-state index is 0.316. The fourth-order valence-corrected chi connectivity index (χ4v) is 0.866. The molecular weight excluding hydrogens is 204 g/mol. The maximum absolute atomic E-state index is 10.7. The van der Waals surface area contributed by atoms with E-state index in [9.17, 15) is 14.7 Å². The Morgan fingerprint density at radius 3 is 2.73 bits per heavy atom. The molecule has 1 aromatic heterocycles. The number of pyridine rings is 1. The minimum atomic E-state index is -1.10. The van der Waals surface area contributed by atoms with E-state index in [4.69, 9.17) is 5.73 Å². The summed E-state index contributed by atoms with van der Waals surface area (Å²) in [5.41, 5.74) is 4.77. The van der Waals surface area contributed by atoms with Gasteiger partial charge in [-0.2, -0.15) is 4.84 Å². The number of aromatic hydroxyl groups is 1. The zero-order valence-electron chi connectivity index (χ0n) is 7.84. The molecule has 0 radical (unpaired) electrons. The Labute approximate surface area is 84.6 Å². The first-order valence-electron chi connectivity index (χ1n) is 3.90. The predicted molar refractivity (Wildman–Crippen MR) is 45.8 cm³/mol. The Morgan fingerprint density at radius 1 is 1.53 bits per heavy atom. The van der Waals surface area contributed by atoms with Crippen molar-refractivity contribution < 1.29 is 29.0 Å². The molecule has 0 bridgehead atoms. The van der Waals surface area contributed by atoms with Gasteiger partial charge >= 0.3 is 17.9 Å². The number of rotatable bonds is 2. The summed E-state index contributed by atoms with van der Waals surface area (Å²) < 4.78 is 5.37. The molecule has 1 amide bonds. The number of hydrogen-bond donors (Lipinski definition) is 2. The average molecular weight is 213 g/mol. The number of nitrogens with two attached hydrogens (primary N) is 1. The van der Waals surface area contributed by atoms with Crippen LogP contribution in [-0.4, -0.2) is 17.2 Å². The summed E-state index contributed by atoms with van der Waals surface area (Å²) in [6, 6.07) is 2.64. The molecule has 15 heavy (non-hydrogen) atoms. The standard InChI is InChI=1S/C8H8N2O5/c1-5(11)14-7-6(12)3-2-4-10(7)15-8(9)13/h2-4H,1H3,(H2-,9,12,13)/p+1. The van der Waals surface area contributed by atoms with Crippen molar-refractivity contribution in [2.45, 2.75) is 6.92 Å². The van der Waals surface area contributed by atoms with Crippen LogP contribution >= 0.6 is 0 Å². The lowest BCUT2D eigenvalue weighted by atomic mass is 10.4. The molecule has 0 aliphatic heterocycles. The second-order valence-electron chi connectivity index (χ2n) is 2.53. The lowest BCUT2D eigenvalue weighted by Gasteiger charge is -2.00. The lowest BCUT2D eigenvalue weighted by molar-refractivity contribution is -0.869. The Balaban J connectivity index is 3.08. The van der Waals surface area contributed by atoms with Crippen LogP contribution < -0.4 is 20.0 Å². The van der Waals surface area contributed by atoms with E-state index in [1.807, 2.05) is 0 Å². The number of ether oxygens (including phenoxy) is 1. The molecule has 0 aliphatic rings. The summed E-state index contributed by atoms with van der Waals surface area (Å²) in [4.78, 5) is 25.6. The molecule has 0 aliphatic carbocycles. The van der Waals surface area contributed by atoms with Gasteiger partial charge in [0.1, 0.15) is 0 Å². The second-order valence-corrected chi connectivity index (χ2v) is 2.53. The first kappa shape index (κ1) is 10.8. The Bertz CT molecular complexity index is 404. The van der Waals surface area contributed by atoms with E-state index >= 15 is 0 Å². The summed E-state index contributed by atoms with van der Waals surface area (Å²) in [6.45, 7) is 1.14. The van der Waals surface area contributed by atoms with Gasteiger partial charge in [-0.3, -0.25) is 4.79 Å². The molecule has 0 saturated carbocycles. The van der Waals surface area contributed by atoms with E-state index in [0.29, 0.717) is 0 Å². The van der Waals surface area contributed by atoms with Gasteiger partial charge in [-0.1, -0.05) is 0 Å². The highest BCUT2D eigenvalue weighted by molar-refractivity contribution is 5.69. The van der Waals surface area contributed by atoms with E-state index in [2.05, 4.69) is 9.57 Å². The maximum atomic E-state index is 10.7. The molecule has 0 unspecified atom stereocenters. The first-order chi connectivity index (χ1) is 7.00. The normalized spacial score (nSPS) is 9.40. The molecule has 1 aromatic rings. The van der Waals surface area contributed by atoms with Gasteiger partial charge in [-0.05, 0) is 6.07 Å². The Hall–Kier alpha value is -2.31. The summed E-state index contributed by atoms with van der Waals surface area (Å²) >= 11 is 0. The van der Waals surface area contributed by atoms with E-state index in [0.717, 1.165) is 11.7 Å². The van der Waals surface area contributed by atoms with Crippen LogP contribution in [0.3, 0.4) is 0 Å². The Kier molecular flexibility index (Phi) is 3.06. The van der Waals surface area contributed by atoms with Crippen LogP contribution in [0.5, 0.6) is 11.6 Å². The maximum Gasteiger partial charge on any atom is 0.473 e. The van der Waals surface area contributed by atoms with Gasteiger partial charge in [0.15, 0.2) is 0 Å². The van der Waals surface area contributed by atoms with Gasteiger partial charge < -0.3 is 15.6 Å². The van der Waals surface area contributed by atoms with Crippen molar-refractivity contribution in [3.8, 4) is 11.6 Å². The molecular formula is C8H9N2O5+. The van der Waals surface area contributed by atoms with Crippen LogP contribution in [0.1, 0.15) is 6.92 Å². The average Bonchev–Trinajstić information content (AvgIpc) is 2.09. The molecule has 0 aromatic carbocycles. The van der Waals surface area contributed by atoms with Crippen molar-refractivity contribution >= 4 is 12.1 Å². The van der Waals surface area contributed by atoms with Crippen molar-refractivity contribution in [3.05, 3.63) is 18.3 Å². The largest absolute Gasteiger partial charge is 0.500 e. The first-order valence-corrected chi connectivity index (χ1v) is 3.90. The van der Waals surface area contributed by atoms with Gasteiger partial charge in [0, 0.05) is 13.0 Å². The SMILES string of the molecule is CC(=O)Oc1c(O)ccc[n+]1OC(N)=O. The van der Waals surface area contributed by atoms with Crippen molar-refractivity contribution in [2.24, 2.45) is 5.73 Å². The highest BCUT2D eigenvalue weighted by Gasteiger charge is 2.23. The van der Waals surface area contributed by atoms with Crippen LogP contribution in [-0.2, 0) is 4.79 Å². The topological polar surface area (TPSA) is 103 Å². The van der Waals surface area contributed by atoms with Gasteiger partial charge in [-0.15, -0.1) is 0 Å². The second kappa shape index (κ2) is 4.27. The predicted octanol–water partition coefficient (Wildman–Crippen LogP) is -0.888. The van der Waals surface area contributed by atoms with Gasteiger partial charge in [-0.25, -0.2) is 4.79 Å². The van der Waals surface area contributed by atoms with Crippen LogP contribution in [0, 0.1) is 0 Å². The van der Waals surface area contributed by atoms with Gasteiger partial charge in [0.2, 0.25) is 11.9 Å². The number of carbonyl (C=O) groups is 2. The highest BCUT2D eigenvalue weighted by atomic mass is 16.7. The Morgan fingerprint density at radius 2 is 2.20 bits per heavy atom. The number of carbonyl (C=O) groups excluding carboxylic acids is 2. The molecule has 7 heteroatoms. The monoisotopic (exact) mass is 213 g/mol. The fraction of sp³-hybridized carbons (Fsp3) is 0.125. The molecule has 7 nitrogen and oxygen atoms in total.